The van der Waals surface area contributed by atoms with Gasteiger partial charge in [-0.3, -0.25) is 0 Å². The third kappa shape index (κ3) is 1.94. The summed E-state index contributed by atoms with van der Waals surface area (Å²) in [7, 11) is 0. The highest BCUT2D eigenvalue weighted by Gasteiger charge is 2.14. The van der Waals surface area contributed by atoms with E-state index in [0.29, 0.717) is 6.10 Å². The van der Waals surface area contributed by atoms with E-state index in [1.165, 1.54) is 12.8 Å². The van der Waals surface area contributed by atoms with Crippen LogP contribution >= 0.6 is 12.2 Å². The lowest BCUT2D eigenvalue weighted by Gasteiger charge is -2.22. The normalized spacial score (nSPS) is 27.7. The minimum absolute atomic E-state index is 0.422. The summed E-state index contributed by atoms with van der Waals surface area (Å²) in [6.07, 6.45) is 4.92. The van der Waals surface area contributed by atoms with Crippen LogP contribution < -0.4 is 0 Å². The summed E-state index contributed by atoms with van der Waals surface area (Å²) in [6.45, 7) is 2.14. The van der Waals surface area contributed by atoms with Crippen molar-refractivity contribution in [3.8, 4) is 0 Å². The molecule has 1 saturated heterocycles. The molecule has 1 unspecified atom stereocenters. The Kier molecular flexibility index (Phi) is 2.46. The lowest BCUT2D eigenvalue weighted by atomic mass is 10.1. The fraction of sp³-hybridized carbons (Fsp3) is 0.857. The van der Waals surface area contributed by atoms with Crippen molar-refractivity contribution in [1.29, 1.82) is 0 Å². The smallest absolute Gasteiger partial charge is 0.160 e. The molecule has 0 aliphatic carbocycles. The molecule has 0 N–H and O–H groups in total. The van der Waals surface area contributed by atoms with E-state index in [0.717, 1.165) is 17.9 Å². The molecule has 0 radical (unpaired) electrons. The van der Waals surface area contributed by atoms with Crippen molar-refractivity contribution >= 4 is 17.3 Å². The topological polar surface area (TPSA) is 9.23 Å². The van der Waals surface area contributed by atoms with Crippen LogP contribution in [0.1, 0.15) is 32.6 Å². The summed E-state index contributed by atoms with van der Waals surface area (Å²) in [4.78, 5) is 0. The number of rotatable bonds is 1. The Labute approximate surface area is 61.4 Å². The molecule has 0 aromatic rings. The third-order valence-electron chi connectivity index (χ3n) is 1.66. The highest BCUT2D eigenvalue weighted by Crippen LogP contribution is 2.16. The van der Waals surface area contributed by atoms with Gasteiger partial charge in [-0.15, -0.1) is 0 Å². The van der Waals surface area contributed by atoms with Crippen LogP contribution in [0.5, 0.6) is 0 Å². The Hall–Kier alpha value is -0.110. The maximum Gasteiger partial charge on any atom is 0.160 e. The first-order valence-corrected chi connectivity index (χ1v) is 3.93. The SMILES string of the molecule is CCC1CCCC(=S)O1. The van der Waals surface area contributed by atoms with Gasteiger partial charge < -0.3 is 4.74 Å². The summed E-state index contributed by atoms with van der Waals surface area (Å²) in [5.74, 6) is 0. The van der Waals surface area contributed by atoms with Gasteiger partial charge in [0.1, 0.15) is 0 Å². The van der Waals surface area contributed by atoms with Gasteiger partial charge in [-0.1, -0.05) is 6.92 Å². The summed E-state index contributed by atoms with van der Waals surface area (Å²) in [6, 6.07) is 0. The molecule has 9 heavy (non-hydrogen) atoms. The summed E-state index contributed by atoms with van der Waals surface area (Å²) >= 11 is 4.93. The van der Waals surface area contributed by atoms with E-state index in [1.54, 1.807) is 0 Å². The summed E-state index contributed by atoms with van der Waals surface area (Å²) < 4.78 is 5.37. The fourth-order valence-electron chi connectivity index (χ4n) is 1.07. The third-order valence-corrected chi connectivity index (χ3v) is 1.96. The van der Waals surface area contributed by atoms with Crippen LogP contribution in [-0.2, 0) is 4.74 Å². The zero-order valence-electron chi connectivity index (χ0n) is 5.72. The number of hydrogen-bond donors (Lipinski definition) is 0. The van der Waals surface area contributed by atoms with Gasteiger partial charge >= 0.3 is 0 Å². The van der Waals surface area contributed by atoms with Crippen molar-refractivity contribution in [3.63, 3.8) is 0 Å². The maximum atomic E-state index is 5.37. The molecule has 0 bridgehead atoms. The van der Waals surface area contributed by atoms with Crippen molar-refractivity contribution < 1.29 is 4.74 Å². The Bertz CT molecular complexity index is 111. The van der Waals surface area contributed by atoms with Gasteiger partial charge in [-0.2, -0.15) is 0 Å². The van der Waals surface area contributed by atoms with Crippen LogP contribution in [0.25, 0.3) is 0 Å². The lowest BCUT2D eigenvalue weighted by molar-refractivity contribution is 0.151. The van der Waals surface area contributed by atoms with E-state index in [2.05, 4.69) is 6.92 Å². The standard InChI is InChI=1S/C7H12OS/c1-2-6-4-3-5-7(9)8-6/h6H,2-5H2,1H3. The van der Waals surface area contributed by atoms with Gasteiger partial charge in [0.15, 0.2) is 5.05 Å². The second kappa shape index (κ2) is 3.16. The van der Waals surface area contributed by atoms with Gasteiger partial charge in [0, 0.05) is 6.42 Å². The van der Waals surface area contributed by atoms with Crippen molar-refractivity contribution in [2.45, 2.75) is 38.7 Å². The Balaban J connectivity index is 2.32. The van der Waals surface area contributed by atoms with Gasteiger partial charge in [0.05, 0.1) is 6.10 Å². The summed E-state index contributed by atoms with van der Waals surface area (Å²) in [5, 5.41) is 0.813. The van der Waals surface area contributed by atoms with Crippen LogP contribution in [0.4, 0.5) is 0 Å². The number of thiocarbonyl (C=S) groups is 1. The molecule has 0 amide bonds. The molecule has 0 spiro atoms. The van der Waals surface area contributed by atoms with Gasteiger partial charge in [-0.25, -0.2) is 0 Å². The molecule has 0 aromatic heterocycles. The molecule has 0 aromatic carbocycles. The van der Waals surface area contributed by atoms with E-state index < -0.39 is 0 Å². The molecule has 1 fully saturated rings. The second-order valence-corrected chi connectivity index (χ2v) is 2.87. The Morgan fingerprint density at radius 1 is 1.78 bits per heavy atom. The molecule has 1 aliphatic heterocycles. The maximum absolute atomic E-state index is 5.37. The average molecular weight is 144 g/mol. The van der Waals surface area contributed by atoms with Crippen molar-refractivity contribution in [3.05, 3.63) is 0 Å². The highest BCUT2D eigenvalue weighted by molar-refractivity contribution is 7.80. The molecule has 1 heterocycles. The van der Waals surface area contributed by atoms with Crippen molar-refractivity contribution in [2.24, 2.45) is 0 Å². The van der Waals surface area contributed by atoms with E-state index in [9.17, 15) is 0 Å². The first-order chi connectivity index (χ1) is 4.33. The van der Waals surface area contributed by atoms with Crippen LogP contribution in [0, 0.1) is 0 Å². The average Bonchev–Trinajstić information content (AvgIpc) is 1.88. The molecular formula is C7H12OS. The monoisotopic (exact) mass is 144 g/mol. The predicted octanol–water partition coefficient (Wildman–Crippen LogP) is 2.29. The summed E-state index contributed by atoms with van der Waals surface area (Å²) in [5.41, 5.74) is 0. The van der Waals surface area contributed by atoms with Crippen LogP contribution in [0.3, 0.4) is 0 Å². The van der Waals surface area contributed by atoms with Gasteiger partial charge in [-0.05, 0) is 31.5 Å². The van der Waals surface area contributed by atoms with Crippen LogP contribution in [0.15, 0.2) is 0 Å². The largest absolute Gasteiger partial charge is 0.484 e. The van der Waals surface area contributed by atoms with E-state index in [4.69, 9.17) is 17.0 Å². The minimum atomic E-state index is 0.422. The molecular weight excluding hydrogens is 132 g/mol. The Morgan fingerprint density at radius 2 is 2.56 bits per heavy atom. The highest BCUT2D eigenvalue weighted by atomic mass is 32.1. The van der Waals surface area contributed by atoms with Crippen LogP contribution in [-0.4, -0.2) is 11.2 Å². The second-order valence-electron chi connectivity index (χ2n) is 2.41. The number of hydrogen-bond acceptors (Lipinski definition) is 2. The first-order valence-electron chi connectivity index (χ1n) is 3.52. The van der Waals surface area contributed by atoms with Crippen molar-refractivity contribution in [1.82, 2.24) is 0 Å². The lowest BCUT2D eigenvalue weighted by Crippen LogP contribution is -2.21. The Morgan fingerprint density at radius 3 is 3.00 bits per heavy atom. The van der Waals surface area contributed by atoms with Gasteiger partial charge in [0.25, 0.3) is 0 Å². The zero-order valence-corrected chi connectivity index (χ0v) is 6.54. The first kappa shape index (κ1) is 7.00. The van der Waals surface area contributed by atoms with E-state index in [-0.39, 0.29) is 0 Å². The minimum Gasteiger partial charge on any atom is -0.484 e. The number of ether oxygens (including phenoxy) is 1. The molecule has 0 saturated carbocycles. The molecule has 52 valence electrons. The molecule has 2 heteroatoms. The molecule has 1 rings (SSSR count). The van der Waals surface area contributed by atoms with E-state index >= 15 is 0 Å². The van der Waals surface area contributed by atoms with Gasteiger partial charge in [0.2, 0.25) is 0 Å². The van der Waals surface area contributed by atoms with Crippen LogP contribution in [0.2, 0.25) is 0 Å². The quantitative estimate of drug-likeness (QED) is 0.522. The molecule has 1 nitrogen and oxygen atoms in total. The molecule has 1 atom stereocenters. The predicted molar refractivity (Wildman–Crippen MR) is 41.6 cm³/mol. The van der Waals surface area contributed by atoms with E-state index in [1.807, 2.05) is 0 Å². The zero-order chi connectivity index (χ0) is 6.69. The molecule has 1 aliphatic rings. The fourth-order valence-corrected chi connectivity index (χ4v) is 1.35. The van der Waals surface area contributed by atoms with Crippen molar-refractivity contribution in [2.75, 3.05) is 0 Å².